The van der Waals surface area contributed by atoms with E-state index in [4.69, 9.17) is 0 Å². The second-order valence-electron chi connectivity index (χ2n) is 8.12. The number of rotatable bonds is 2. The Morgan fingerprint density at radius 3 is 2.29 bits per heavy atom. The van der Waals surface area contributed by atoms with Gasteiger partial charge < -0.3 is 4.90 Å². The lowest BCUT2D eigenvalue weighted by atomic mass is 10.1. The summed E-state index contributed by atoms with van der Waals surface area (Å²) in [5.74, 6) is 0.0356. The number of hydrogen-bond acceptors (Lipinski definition) is 4. The van der Waals surface area contributed by atoms with Crippen LogP contribution in [0.3, 0.4) is 0 Å². The first-order chi connectivity index (χ1) is 14.9. The number of hydrogen-bond donors (Lipinski definition) is 0. The lowest BCUT2D eigenvalue weighted by molar-refractivity contribution is 0.0988. The first kappa shape index (κ1) is 18.3. The van der Waals surface area contributed by atoms with E-state index in [0.717, 1.165) is 27.9 Å². The molecule has 31 heavy (non-hydrogen) atoms. The normalized spacial score (nSPS) is 18.3. The molecule has 0 saturated heterocycles. The standard InChI is InChI=1S/C24H18N2O4S/c27-22-10-5-15-11-18(6-8-20(15)22)25-13-17-12-19(7-9-21(17)24(25)28)26-14-16-3-1-2-4-23(16)31(26,29)30/h1-4,6-9,11-12H,5,10,13-14H2. The molecule has 1 amide bonds. The predicted molar refractivity (Wildman–Crippen MR) is 116 cm³/mol. The second-order valence-corrected chi connectivity index (χ2v) is 9.95. The Hall–Kier alpha value is -3.45. The molecule has 1 aliphatic carbocycles. The fourth-order valence-corrected chi connectivity index (χ4v) is 6.41. The van der Waals surface area contributed by atoms with E-state index in [-0.39, 0.29) is 18.2 Å². The van der Waals surface area contributed by atoms with Crippen LogP contribution in [0.25, 0.3) is 0 Å². The minimum absolute atomic E-state index is 0.113. The number of benzene rings is 3. The van der Waals surface area contributed by atoms with E-state index < -0.39 is 10.0 Å². The van der Waals surface area contributed by atoms with Crippen molar-refractivity contribution in [3.05, 3.63) is 88.5 Å². The highest BCUT2D eigenvalue weighted by molar-refractivity contribution is 7.93. The molecule has 0 aromatic heterocycles. The summed E-state index contributed by atoms with van der Waals surface area (Å²) < 4.78 is 27.4. The van der Waals surface area contributed by atoms with Crippen molar-refractivity contribution in [1.29, 1.82) is 0 Å². The maximum absolute atomic E-state index is 13.0. The van der Waals surface area contributed by atoms with Gasteiger partial charge in [-0.2, -0.15) is 0 Å². The summed E-state index contributed by atoms with van der Waals surface area (Å²) in [4.78, 5) is 27.0. The molecule has 3 aromatic carbocycles. The van der Waals surface area contributed by atoms with Gasteiger partial charge in [-0.15, -0.1) is 0 Å². The van der Waals surface area contributed by atoms with Crippen LogP contribution in [-0.2, 0) is 29.5 Å². The highest BCUT2D eigenvalue weighted by Gasteiger charge is 2.36. The summed E-state index contributed by atoms with van der Waals surface area (Å²) in [6.45, 7) is 0.656. The van der Waals surface area contributed by atoms with Crippen molar-refractivity contribution in [2.45, 2.75) is 30.8 Å². The van der Waals surface area contributed by atoms with Crippen LogP contribution in [-0.4, -0.2) is 20.1 Å². The summed E-state index contributed by atoms with van der Waals surface area (Å²) in [6, 6.07) is 17.8. The van der Waals surface area contributed by atoms with Gasteiger partial charge in [-0.3, -0.25) is 13.9 Å². The van der Waals surface area contributed by atoms with Crippen LogP contribution in [0.5, 0.6) is 0 Å². The van der Waals surface area contributed by atoms with Gasteiger partial charge in [0.2, 0.25) is 0 Å². The quantitative estimate of drug-likeness (QED) is 0.622. The Kier molecular flexibility index (Phi) is 3.71. The lowest BCUT2D eigenvalue weighted by Gasteiger charge is -2.18. The Bertz CT molecular complexity index is 1410. The summed E-state index contributed by atoms with van der Waals surface area (Å²) >= 11 is 0. The van der Waals surface area contributed by atoms with E-state index >= 15 is 0 Å². The number of carbonyl (C=O) groups is 2. The Balaban J connectivity index is 1.34. The molecule has 0 radical (unpaired) electrons. The highest BCUT2D eigenvalue weighted by atomic mass is 32.2. The molecule has 6 rings (SSSR count). The van der Waals surface area contributed by atoms with Crippen molar-refractivity contribution < 1.29 is 18.0 Å². The average molecular weight is 430 g/mol. The number of carbonyl (C=O) groups excluding carboxylic acids is 2. The fourth-order valence-electron chi connectivity index (χ4n) is 4.76. The van der Waals surface area contributed by atoms with Crippen molar-refractivity contribution in [2.24, 2.45) is 0 Å². The number of anilines is 2. The van der Waals surface area contributed by atoms with Crippen LogP contribution >= 0.6 is 0 Å². The fraction of sp³-hybridized carbons (Fsp3) is 0.167. The second kappa shape index (κ2) is 6.28. The molecule has 0 bridgehead atoms. The highest BCUT2D eigenvalue weighted by Crippen LogP contribution is 2.38. The molecule has 0 saturated carbocycles. The zero-order valence-electron chi connectivity index (χ0n) is 16.5. The predicted octanol–water partition coefficient (Wildman–Crippen LogP) is 3.68. The van der Waals surface area contributed by atoms with E-state index in [1.165, 1.54) is 4.31 Å². The summed E-state index contributed by atoms with van der Waals surface area (Å²) in [5, 5.41) is 0. The maximum atomic E-state index is 13.0. The minimum atomic E-state index is -3.61. The van der Waals surface area contributed by atoms with Crippen molar-refractivity contribution >= 4 is 33.1 Å². The molecule has 0 fully saturated rings. The first-order valence-electron chi connectivity index (χ1n) is 10.1. The molecule has 2 aliphatic heterocycles. The third-order valence-corrected chi connectivity index (χ3v) is 8.23. The molecule has 7 heteroatoms. The smallest absolute Gasteiger partial charge is 0.264 e. The van der Waals surface area contributed by atoms with Gasteiger partial charge in [0, 0.05) is 23.2 Å². The number of sulfonamides is 1. The number of amides is 1. The van der Waals surface area contributed by atoms with Crippen molar-refractivity contribution in [3.63, 3.8) is 0 Å². The van der Waals surface area contributed by atoms with Gasteiger partial charge in [0.15, 0.2) is 5.78 Å². The average Bonchev–Trinajstić information content (AvgIpc) is 3.39. The third kappa shape index (κ3) is 2.59. The largest absolute Gasteiger partial charge is 0.304 e. The van der Waals surface area contributed by atoms with E-state index in [9.17, 15) is 18.0 Å². The van der Waals surface area contributed by atoms with Gasteiger partial charge >= 0.3 is 0 Å². The van der Waals surface area contributed by atoms with Gasteiger partial charge in [0.1, 0.15) is 0 Å². The maximum Gasteiger partial charge on any atom is 0.264 e. The number of Topliss-reactive ketones (excluding diaryl/α,β-unsaturated/α-hetero) is 1. The van der Waals surface area contributed by atoms with E-state index in [1.54, 1.807) is 41.3 Å². The van der Waals surface area contributed by atoms with Crippen molar-refractivity contribution in [1.82, 2.24) is 0 Å². The van der Waals surface area contributed by atoms with E-state index in [0.29, 0.717) is 35.5 Å². The van der Waals surface area contributed by atoms with Gasteiger partial charge in [-0.05, 0) is 65.6 Å². The van der Waals surface area contributed by atoms with Gasteiger partial charge in [-0.25, -0.2) is 8.42 Å². The molecule has 0 spiro atoms. The minimum Gasteiger partial charge on any atom is -0.304 e. The zero-order valence-corrected chi connectivity index (χ0v) is 17.4. The number of nitrogens with zero attached hydrogens (tertiary/aromatic N) is 2. The molecular weight excluding hydrogens is 412 g/mol. The SMILES string of the molecule is O=C1CCc2cc(N3Cc4cc(N5Cc6ccccc6S5(=O)=O)ccc4C3=O)ccc21. The molecule has 3 aromatic rings. The Morgan fingerprint density at radius 2 is 1.45 bits per heavy atom. The Labute approximate surface area is 179 Å². The molecular formula is C24H18N2O4S. The summed E-state index contributed by atoms with van der Waals surface area (Å²) in [6.07, 6.45) is 1.22. The molecule has 0 atom stereocenters. The van der Waals surface area contributed by atoms with Gasteiger partial charge in [0.05, 0.1) is 23.7 Å². The first-order valence-corrected chi connectivity index (χ1v) is 11.6. The van der Waals surface area contributed by atoms with E-state index in [1.807, 2.05) is 24.3 Å². The molecule has 154 valence electrons. The van der Waals surface area contributed by atoms with E-state index in [2.05, 4.69) is 0 Å². The number of ketones is 1. The molecule has 3 aliphatic rings. The van der Waals surface area contributed by atoms with Crippen molar-refractivity contribution in [3.8, 4) is 0 Å². The van der Waals surface area contributed by atoms with Crippen LogP contribution in [0.2, 0.25) is 0 Å². The third-order valence-electron chi connectivity index (χ3n) is 6.36. The molecule has 0 unspecified atom stereocenters. The topological polar surface area (TPSA) is 74.8 Å². The zero-order chi connectivity index (χ0) is 21.3. The number of fused-ring (bicyclic) bond motifs is 3. The summed E-state index contributed by atoms with van der Waals surface area (Å²) in [5.41, 5.74) is 5.19. The number of aryl methyl sites for hydroxylation is 1. The Morgan fingerprint density at radius 1 is 0.710 bits per heavy atom. The van der Waals surface area contributed by atoms with Gasteiger partial charge in [-0.1, -0.05) is 18.2 Å². The van der Waals surface area contributed by atoms with Crippen LogP contribution in [0.15, 0.2) is 65.6 Å². The molecule has 6 nitrogen and oxygen atoms in total. The van der Waals surface area contributed by atoms with Gasteiger partial charge in [0.25, 0.3) is 15.9 Å². The molecule has 0 N–H and O–H groups in total. The monoisotopic (exact) mass is 430 g/mol. The lowest BCUT2D eigenvalue weighted by Crippen LogP contribution is -2.23. The van der Waals surface area contributed by atoms with Crippen LogP contribution in [0.4, 0.5) is 11.4 Å². The van der Waals surface area contributed by atoms with Crippen molar-refractivity contribution in [2.75, 3.05) is 9.21 Å². The van der Waals surface area contributed by atoms with Crippen LogP contribution < -0.4 is 9.21 Å². The summed E-state index contributed by atoms with van der Waals surface area (Å²) in [7, 11) is -3.61. The van der Waals surface area contributed by atoms with Crippen LogP contribution in [0, 0.1) is 0 Å². The molecule has 2 heterocycles. The van der Waals surface area contributed by atoms with Crippen LogP contribution in [0.1, 0.15) is 43.8 Å².